The van der Waals surface area contributed by atoms with Gasteiger partial charge in [0.05, 0.1) is 24.4 Å². The molecular formula is C19H24N2O5S. The summed E-state index contributed by atoms with van der Waals surface area (Å²) in [7, 11) is -3.63. The number of aryl methyl sites for hydroxylation is 2. The highest BCUT2D eigenvalue weighted by atomic mass is 32.2. The normalized spacial score (nSPS) is 15.6. The number of morpholine rings is 1. The number of hydrogen-bond acceptors (Lipinski definition) is 5. The smallest absolute Gasteiger partial charge is 0.251 e. The lowest BCUT2D eigenvalue weighted by Crippen LogP contribution is -2.40. The second kappa shape index (κ2) is 8.69. The average molecular weight is 392 g/mol. The minimum absolute atomic E-state index is 0.135. The topological polar surface area (TPSA) is 88.8 Å². The molecule has 0 saturated carbocycles. The van der Waals surface area contributed by atoms with Crippen molar-refractivity contribution in [3.8, 4) is 0 Å². The lowest BCUT2D eigenvalue weighted by atomic mass is 10.1. The summed E-state index contributed by atoms with van der Waals surface area (Å²) < 4.78 is 37.5. The Morgan fingerprint density at radius 2 is 2.00 bits per heavy atom. The summed E-state index contributed by atoms with van der Waals surface area (Å²) in [4.78, 5) is 12.7. The molecule has 0 aliphatic carbocycles. The van der Waals surface area contributed by atoms with Crippen LogP contribution in [0, 0.1) is 6.92 Å². The first-order valence-corrected chi connectivity index (χ1v) is 10.4. The van der Waals surface area contributed by atoms with Crippen molar-refractivity contribution in [1.29, 1.82) is 0 Å². The Morgan fingerprint density at radius 3 is 2.70 bits per heavy atom. The van der Waals surface area contributed by atoms with Gasteiger partial charge in [-0.2, -0.15) is 4.31 Å². The molecule has 0 bridgehead atoms. The molecule has 1 aromatic carbocycles. The Bertz CT molecular complexity index is 872. The molecule has 0 unspecified atom stereocenters. The second-order valence-corrected chi connectivity index (χ2v) is 8.37. The number of amides is 1. The van der Waals surface area contributed by atoms with Gasteiger partial charge >= 0.3 is 0 Å². The van der Waals surface area contributed by atoms with Crippen LogP contribution in [-0.2, 0) is 21.2 Å². The summed E-state index contributed by atoms with van der Waals surface area (Å²) in [5.41, 5.74) is 1.11. The Balaban J connectivity index is 1.66. The number of furan rings is 1. The fourth-order valence-electron chi connectivity index (χ4n) is 2.96. The molecule has 1 saturated heterocycles. The molecule has 1 aromatic heterocycles. The highest BCUT2D eigenvalue weighted by Crippen LogP contribution is 2.20. The van der Waals surface area contributed by atoms with E-state index in [0.717, 1.165) is 24.2 Å². The van der Waals surface area contributed by atoms with Crippen molar-refractivity contribution < 1.29 is 22.4 Å². The van der Waals surface area contributed by atoms with Crippen molar-refractivity contribution >= 4 is 15.9 Å². The molecular weight excluding hydrogens is 368 g/mol. The third-order valence-electron chi connectivity index (χ3n) is 4.53. The van der Waals surface area contributed by atoms with E-state index in [1.165, 1.54) is 10.4 Å². The van der Waals surface area contributed by atoms with E-state index >= 15 is 0 Å². The van der Waals surface area contributed by atoms with Crippen molar-refractivity contribution in [1.82, 2.24) is 9.62 Å². The second-order valence-electron chi connectivity index (χ2n) is 6.43. The molecule has 0 spiro atoms. The molecule has 146 valence electrons. The lowest BCUT2D eigenvalue weighted by Gasteiger charge is -2.26. The van der Waals surface area contributed by atoms with Crippen LogP contribution < -0.4 is 5.32 Å². The fourth-order valence-corrected chi connectivity index (χ4v) is 4.39. The van der Waals surface area contributed by atoms with Crippen LogP contribution in [0.15, 0.2) is 45.9 Å². The van der Waals surface area contributed by atoms with Crippen LogP contribution in [0.25, 0.3) is 0 Å². The maximum absolute atomic E-state index is 12.8. The highest BCUT2D eigenvalue weighted by Gasteiger charge is 2.27. The Kier molecular flexibility index (Phi) is 6.30. The van der Waals surface area contributed by atoms with E-state index in [2.05, 4.69) is 5.32 Å². The summed E-state index contributed by atoms with van der Waals surface area (Å²) in [5, 5.41) is 2.85. The predicted octanol–water partition coefficient (Wildman–Crippen LogP) is 1.97. The SMILES string of the molecule is Cc1ccc(S(=O)(=O)N2CCOCC2)cc1C(=O)NCCCc1ccco1. The van der Waals surface area contributed by atoms with Gasteiger partial charge in [0.2, 0.25) is 10.0 Å². The van der Waals surface area contributed by atoms with Crippen molar-refractivity contribution in [2.75, 3.05) is 32.8 Å². The molecule has 7 nitrogen and oxygen atoms in total. The first-order valence-electron chi connectivity index (χ1n) is 8.97. The van der Waals surface area contributed by atoms with Gasteiger partial charge in [0.25, 0.3) is 5.91 Å². The van der Waals surface area contributed by atoms with Gasteiger partial charge in [-0.15, -0.1) is 0 Å². The number of carbonyl (C=O) groups is 1. The zero-order chi connectivity index (χ0) is 19.3. The molecule has 1 N–H and O–H groups in total. The van der Waals surface area contributed by atoms with Gasteiger partial charge in [-0.1, -0.05) is 6.07 Å². The van der Waals surface area contributed by atoms with Crippen molar-refractivity contribution in [3.63, 3.8) is 0 Å². The maximum atomic E-state index is 12.8. The standard InChI is InChI=1S/C19H24N2O5S/c1-15-6-7-17(27(23,24)21-9-12-25-13-10-21)14-18(15)19(22)20-8-2-4-16-5-3-11-26-16/h3,5-7,11,14H,2,4,8-10,12-13H2,1H3,(H,20,22). The number of sulfonamides is 1. The third kappa shape index (κ3) is 4.77. The van der Waals surface area contributed by atoms with Crippen molar-refractivity contribution in [3.05, 3.63) is 53.5 Å². The number of nitrogens with one attached hydrogen (secondary N) is 1. The first-order chi connectivity index (χ1) is 13.0. The summed E-state index contributed by atoms with van der Waals surface area (Å²) in [5.74, 6) is 0.602. The zero-order valence-electron chi connectivity index (χ0n) is 15.3. The summed E-state index contributed by atoms with van der Waals surface area (Å²) in [6.45, 7) is 3.69. The number of rotatable bonds is 7. The molecule has 1 amide bonds. The number of nitrogens with zero attached hydrogens (tertiary/aromatic N) is 1. The molecule has 2 heterocycles. The van der Waals surface area contributed by atoms with E-state index < -0.39 is 10.0 Å². The molecule has 3 rings (SSSR count). The minimum Gasteiger partial charge on any atom is -0.469 e. The summed E-state index contributed by atoms with van der Waals surface area (Å²) >= 11 is 0. The van der Waals surface area contributed by atoms with Gasteiger partial charge in [0.15, 0.2) is 0 Å². The fraction of sp³-hybridized carbons (Fsp3) is 0.421. The lowest BCUT2D eigenvalue weighted by molar-refractivity contribution is 0.0730. The quantitative estimate of drug-likeness (QED) is 0.728. The van der Waals surface area contributed by atoms with Crippen LogP contribution in [0.2, 0.25) is 0 Å². The maximum Gasteiger partial charge on any atom is 0.251 e. The van der Waals surface area contributed by atoms with Crippen LogP contribution in [0.4, 0.5) is 0 Å². The van der Waals surface area contributed by atoms with Gasteiger partial charge < -0.3 is 14.5 Å². The number of ether oxygens (including phenoxy) is 1. The minimum atomic E-state index is -3.63. The Hall–Kier alpha value is -2.16. The van der Waals surface area contributed by atoms with E-state index in [1.54, 1.807) is 25.3 Å². The Labute approximate surface area is 159 Å². The summed E-state index contributed by atoms with van der Waals surface area (Å²) in [6.07, 6.45) is 3.10. The molecule has 8 heteroatoms. The van der Waals surface area contributed by atoms with Crippen LogP contribution in [0.5, 0.6) is 0 Å². The monoisotopic (exact) mass is 392 g/mol. The van der Waals surface area contributed by atoms with E-state index in [4.69, 9.17) is 9.15 Å². The molecule has 2 aromatic rings. The van der Waals surface area contributed by atoms with E-state index in [-0.39, 0.29) is 10.8 Å². The molecule has 27 heavy (non-hydrogen) atoms. The predicted molar refractivity (Wildman–Crippen MR) is 100 cm³/mol. The molecule has 0 atom stereocenters. The molecule has 0 radical (unpaired) electrons. The van der Waals surface area contributed by atoms with Gasteiger partial charge in [0, 0.05) is 31.6 Å². The van der Waals surface area contributed by atoms with E-state index in [9.17, 15) is 13.2 Å². The highest BCUT2D eigenvalue weighted by molar-refractivity contribution is 7.89. The molecule has 1 aliphatic rings. The van der Waals surface area contributed by atoms with E-state index in [1.807, 2.05) is 12.1 Å². The van der Waals surface area contributed by atoms with Crippen molar-refractivity contribution in [2.24, 2.45) is 0 Å². The van der Waals surface area contributed by atoms with Crippen LogP contribution >= 0.6 is 0 Å². The first kappa shape index (κ1) is 19.6. The van der Waals surface area contributed by atoms with E-state index in [0.29, 0.717) is 38.4 Å². The zero-order valence-corrected chi connectivity index (χ0v) is 16.1. The van der Waals surface area contributed by atoms with Gasteiger partial charge in [-0.05, 0) is 43.2 Å². The van der Waals surface area contributed by atoms with Crippen LogP contribution in [0.1, 0.15) is 28.1 Å². The third-order valence-corrected chi connectivity index (χ3v) is 6.42. The van der Waals surface area contributed by atoms with Gasteiger partial charge in [-0.25, -0.2) is 8.42 Å². The molecule has 1 fully saturated rings. The average Bonchev–Trinajstić information content (AvgIpc) is 3.19. The van der Waals surface area contributed by atoms with Crippen molar-refractivity contribution in [2.45, 2.75) is 24.7 Å². The molecule has 1 aliphatic heterocycles. The number of benzene rings is 1. The van der Waals surface area contributed by atoms with Gasteiger partial charge in [-0.3, -0.25) is 4.79 Å². The Morgan fingerprint density at radius 1 is 1.22 bits per heavy atom. The number of carbonyl (C=O) groups excluding carboxylic acids is 1. The van der Waals surface area contributed by atoms with Gasteiger partial charge in [0.1, 0.15) is 5.76 Å². The van der Waals surface area contributed by atoms with Crippen LogP contribution in [0.3, 0.4) is 0 Å². The largest absolute Gasteiger partial charge is 0.469 e. The summed E-state index contributed by atoms with van der Waals surface area (Å²) in [6, 6.07) is 8.41. The number of hydrogen-bond donors (Lipinski definition) is 1. The van der Waals surface area contributed by atoms with Crippen LogP contribution in [-0.4, -0.2) is 51.5 Å².